The summed E-state index contributed by atoms with van der Waals surface area (Å²) in [4.78, 5) is 24.1. The maximum absolute atomic E-state index is 12.8. The van der Waals surface area contributed by atoms with E-state index in [4.69, 9.17) is 9.47 Å². The Morgan fingerprint density at radius 3 is 2.25 bits per heavy atom. The molecule has 0 unspecified atom stereocenters. The molecule has 148 valence electrons. The predicted molar refractivity (Wildman–Crippen MR) is 105 cm³/mol. The van der Waals surface area contributed by atoms with E-state index in [-0.39, 0.29) is 17.2 Å². The highest BCUT2D eigenvalue weighted by Crippen LogP contribution is 2.33. The van der Waals surface area contributed by atoms with Gasteiger partial charge in [0.25, 0.3) is 5.91 Å². The summed E-state index contributed by atoms with van der Waals surface area (Å²) < 4.78 is 36.5. The molecule has 1 aliphatic heterocycles. The molecule has 0 saturated heterocycles. The van der Waals surface area contributed by atoms with Crippen molar-refractivity contribution >= 4 is 38.9 Å². The van der Waals surface area contributed by atoms with E-state index in [0.717, 1.165) is 6.26 Å². The van der Waals surface area contributed by atoms with Crippen molar-refractivity contribution in [1.82, 2.24) is 0 Å². The van der Waals surface area contributed by atoms with Crippen LogP contribution in [0.2, 0.25) is 0 Å². The lowest BCUT2D eigenvalue weighted by atomic mass is 10.1. The van der Waals surface area contributed by atoms with Crippen molar-refractivity contribution in [3.05, 3.63) is 42.0 Å². The van der Waals surface area contributed by atoms with Crippen LogP contribution in [-0.4, -0.2) is 39.7 Å². The van der Waals surface area contributed by atoms with E-state index in [9.17, 15) is 18.0 Å². The molecule has 10 heteroatoms. The quantitative estimate of drug-likeness (QED) is 0.700. The third-order valence-corrected chi connectivity index (χ3v) is 4.27. The number of carbonyl (C=O) groups is 2. The zero-order valence-electron chi connectivity index (χ0n) is 15.2. The number of hydrogen-bond acceptors (Lipinski definition) is 6. The van der Waals surface area contributed by atoms with Crippen LogP contribution in [0.4, 0.5) is 17.1 Å². The number of ether oxygens (including phenoxy) is 2. The maximum atomic E-state index is 12.8. The van der Waals surface area contributed by atoms with Crippen LogP contribution in [0.5, 0.6) is 11.5 Å². The van der Waals surface area contributed by atoms with Crippen molar-refractivity contribution in [3.63, 3.8) is 0 Å². The first-order valence-corrected chi connectivity index (χ1v) is 10.2. The van der Waals surface area contributed by atoms with Gasteiger partial charge in [0.05, 0.1) is 17.5 Å². The van der Waals surface area contributed by atoms with Crippen LogP contribution in [0.25, 0.3) is 0 Å². The Bertz CT molecular complexity index is 1040. The zero-order valence-corrected chi connectivity index (χ0v) is 16.1. The molecule has 2 amide bonds. The molecule has 0 aromatic heterocycles. The SMILES string of the molecule is CC(=O)Nc1ccc(NS(C)(=O)=O)c(C(=O)Nc2ccc3c(c2)OCCO3)c1. The summed E-state index contributed by atoms with van der Waals surface area (Å²) in [6.07, 6.45) is 0.983. The second-order valence-electron chi connectivity index (χ2n) is 6.13. The summed E-state index contributed by atoms with van der Waals surface area (Å²) >= 11 is 0. The lowest BCUT2D eigenvalue weighted by molar-refractivity contribution is -0.114. The van der Waals surface area contributed by atoms with E-state index in [1.807, 2.05) is 0 Å². The standard InChI is InChI=1S/C18H19N3O6S/c1-11(22)19-12-3-5-15(21-28(2,24)25)14(9-12)18(23)20-13-4-6-16-17(10-13)27-8-7-26-16/h3-6,9-10,21H,7-8H2,1-2H3,(H,19,22)(H,20,23). The van der Waals surface area contributed by atoms with Crippen LogP contribution < -0.4 is 24.8 Å². The van der Waals surface area contributed by atoms with E-state index in [2.05, 4.69) is 15.4 Å². The Morgan fingerprint density at radius 1 is 0.929 bits per heavy atom. The smallest absolute Gasteiger partial charge is 0.257 e. The topological polar surface area (TPSA) is 123 Å². The summed E-state index contributed by atoms with van der Waals surface area (Å²) in [6.45, 7) is 2.19. The van der Waals surface area contributed by atoms with Gasteiger partial charge in [-0.05, 0) is 30.3 Å². The molecule has 1 aliphatic rings. The van der Waals surface area contributed by atoms with Crippen molar-refractivity contribution in [2.45, 2.75) is 6.92 Å². The summed E-state index contributed by atoms with van der Waals surface area (Å²) in [5.74, 6) is 0.207. The number of carbonyl (C=O) groups excluding carboxylic acids is 2. The highest BCUT2D eigenvalue weighted by Gasteiger charge is 2.18. The van der Waals surface area contributed by atoms with Gasteiger partial charge in [-0.1, -0.05) is 0 Å². The molecular weight excluding hydrogens is 386 g/mol. The Balaban J connectivity index is 1.90. The highest BCUT2D eigenvalue weighted by atomic mass is 32.2. The van der Waals surface area contributed by atoms with Crippen LogP contribution in [0.15, 0.2) is 36.4 Å². The van der Waals surface area contributed by atoms with Gasteiger partial charge in [0.2, 0.25) is 15.9 Å². The van der Waals surface area contributed by atoms with E-state index in [1.165, 1.54) is 25.1 Å². The minimum absolute atomic E-state index is 0.0477. The van der Waals surface area contributed by atoms with Gasteiger partial charge in [-0.2, -0.15) is 0 Å². The number of nitrogens with one attached hydrogen (secondary N) is 3. The van der Waals surface area contributed by atoms with Gasteiger partial charge in [-0.3, -0.25) is 14.3 Å². The van der Waals surface area contributed by atoms with Crippen molar-refractivity contribution < 1.29 is 27.5 Å². The summed E-state index contributed by atoms with van der Waals surface area (Å²) in [6, 6.07) is 9.23. The lowest BCUT2D eigenvalue weighted by Crippen LogP contribution is -2.19. The molecule has 0 radical (unpaired) electrons. The Morgan fingerprint density at radius 2 is 1.57 bits per heavy atom. The summed E-state index contributed by atoms with van der Waals surface area (Å²) in [5, 5.41) is 5.26. The predicted octanol–water partition coefficient (Wildman–Crippen LogP) is 2.04. The molecule has 0 aliphatic carbocycles. The van der Waals surface area contributed by atoms with E-state index >= 15 is 0 Å². The highest BCUT2D eigenvalue weighted by molar-refractivity contribution is 7.92. The Labute approximate surface area is 162 Å². The lowest BCUT2D eigenvalue weighted by Gasteiger charge is -2.19. The second kappa shape index (κ2) is 7.77. The van der Waals surface area contributed by atoms with E-state index in [0.29, 0.717) is 36.1 Å². The molecular formula is C18H19N3O6S. The van der Waals surface area contributed by atoms with Crippen molar-refractivity contribution in [3.8, 4) is 11.5 Å². The fraction of sp³-hybridized carbons (Fsp3) is 0.222. The van der Waals surface area contributed by atoms with Gasteiger partial charge < -0.3 is 20.1 Å². The monoisotopic (exact) mass is 405 g/mol. The van der Waals surface area contributed by atoms with Crippen LogP contribution in [0.3, 0.4) is 0 Å². The van der Waals surface area contributed by atoms with Gasteiger partial charge in [-0.15, -0.1) is 0 Å². The average Bonchev–Trinajstić information content (AvgIpc) is 2.61. The van der Waals surface area contributed by atoms with Gasteiger partial charge in [0.1, 0.15) is 13.2 Å². The number of anilines is 3. The Hall–Kier alpha value is -3.27. The maximum Gasteiger partial charge on any atom is 0.257 e. The molecule has 2 aromatic rings. The molecule has 28 heavy (non-hydrogen) atoms. The number of sulfonamides is 1. The minimum atomic E-state index is -3.61. The number of hydrogen-bond donors (Lipinski definition) is 3. The molecule has 2 aromatic carbocycles. The number of fused-ring (bicyclic) bond motifs is 1. The number of amides is 2. The fourth-order valence-electron chi connectivity index (χ4n) is 2.62. The van der Waals surface area contributed by atoms with Gasteiger partial charge >= 0.3 is 0 Å². The van der Waals surface area contributed by atoms with Crippen LogP contribution in [0, 0.1) is 0 Å². The summed E-state index contributed by atoms with van der Waals surface area (Å²) in [7, 11) is -3.61. The normalized spacial score (nSPS) is 12.8. The van der Waals surface area contributed by atoms with Crippen molar-refractivity contribution in [1.29, 1.82) is 0 Å². The van der Waals surface area contributed by atoms with E-state index in [1.54, 1.807) is 18.2 Å². The summed E-state index contributed by atoms with van der Waals surface area (Å²) in [5.41, 5.74) is 0.946. The molecule has 0 atom stereocenters. The largest absolute Gasteiger partial charge is 0.486 e. The number of benzene rings is 2. The molecule has 3 rings (SSSR count). The number of rotatable bonds is 5. The minimum Gasteiger partial charge on any atom is -0.486 e. The molecule has 0 bridgehead atoms. The molecule has 0 fully saturated rings. The van der Waals surface area contributed by atoms with Gasteiger partial charge in [0, 0.05) is 24.4 Å². The molecule has 0 saturated carbocycles. The van der Waals surface area contributed by atoms with E-state index < -0.39 is 15.9 Å². The van der Waals surface area contributed by atoms with Crippen LogP contribution in [0.1, 0.15) is 17.3 Å². The first-order chi connectivity index (χ1) is 13.2. The molecule has 3 N–H and O–H groups in total. The third kappa shape index (κ3) is 4.92. The first kappa shape index (κ1) is 19.5. The molecule has 0 spiro atoms. The van der Waals surface area contributed by atoms with Crippen molar-refractivity contribution in [2.24, 2.45) is 0 Å². The Kier molecular flexibility index (Phi) is 5.41. The van der Waals surface area contributed by atoms with Gasteiger partial charge in [0.15, 0.2) is 11.5 Å². The first-order valence-electron chi connectivity index (χ1n) is 8.32. The zero-order chi connectivity index (χ0) is 20.3. The van der Waals surface area contributed by atoms with Crippen molar-refractivity contribution in [2.75, 3.05) is 34.8 Å². The fourth-order valence-corrected chi connectivity index (χ4v) is 3.20. The molecule has 9 nitrogen and oxygen atoms in total. The van der Waals surface area contributed by atoms with Gasteiger partial charge in [-0.25, -0.2) is 8.42 Å². The average molecular weight is 405 g/mol. The van der Waals surface area contributed by atoms with Crippen LogP contribution >= 0.6 is 0 Å². The third-order valence-electron chi connectivity index (χ3n) is 3.68. The van der Waals surface area contributed by atoms with Crippen LogP contribution in [-0.2, 0) is 14.8 Å². The molecule has 1 heterocycles. The second-order valence-corrected chi connectivity index (χ2v) is 7.88.